The fraction of sp³-hybridized carbons (Fsp3) is 0.111. The van der Waals surface area contributed by atoms with Crippen LogP contribution in [0.5, 0.6) is 0 Å². The topological polar surface area (TPSA) is 51.1 Å². The van der Waals surface area contributed by atoms with E-state index >= 15 is 0 Å². The SMILES string of the molecule is O=C(Cn1ccccc1=O)N[C@H](c1ccc(F)cc1)c1cccs1. The van der Waals surface area contributed by atoms with E-state index in [9.17, 15) is 14.0 Å². The lowest BCUT2D eigenvalue weighted by Crippen LogP contribution is -2.34. The smallest absolute Gasteiger partial charge is 0.250 e. The highest BCUT2D eigenvalue weighted by molar-refractivity contribution is 7.10. The van der Waals surface area contributed by atoms with Crippen molar-refractivity contribution < 1.29 is 9.18 Å². The van der Waals surface area contributed by atoms with E-state index in [1.54, 1.807) is 30.5 Å². The van der Waals surface area contributed by atoms with Gasteiger partial charge in [-0.15, -0.1) is 11.3 Å². The standard InChI is InChI=1S/C18H15FN2O2S/c19-14-8-6-13(7-9-14)18(15-4-3-11-24-15)20-16(22)12-21-10-2-1-5-17(21)23/h1-11,18H,12H2,(H,20,22)/t18-/m1/s1. The maximum Gasteiger partial charge on any atom is 0.250 e. The van der Waals surface area contributed by atoms with Gasteiger partial charge in [-0.05, 0) is 35.2 Å². The zero-order chi connectivity index (χ0) is 16.9. The molecule has 0 fully saturated rings. The Morgan fingerprint density at radius 3 is 2.58 bits per heavy atom. The van der Waals surface area contributed by atoms with Crippen molar-refractivity contribution in [2.24, 2.45) is 0 Å². The second kappa shape index (κ2) is 7.23. The minimum Gasteiger partial charge on any atom is -0.343 e. The Kier molecular flexibility index (Phi) is 4.86. The molecule has 4 nitrogen and oxygen atoms in total. The van der Waals surface area contributed by atoms with Gasteiger partial charge in [-0.1, -0.05) is 24.3 Å². The number of hydrogen-bond donors (Lipinski definition) is 1. The predicted octanol–water partition coefficient (Wildman–Crippen LogP) is 2.95. The number of carbonyl (C=O) groups is 1. The van der Waals surface area contributed by atoms with Crippen LogP contribution < -0.4 is 10.9 Å². The van der Waals surface area contributed by atoms with Gasteiger partial charge in [-0.2, -0.15) is 0 Å². The molecular weight excluding hydrogens is 327 g/mol. The van der Waals surface area contributed by atoms with Crippen LogP contribution in [0.2, 0.25) is 0 Å². The van der Waals surface area contributed by atoms with Gasteiger partial charge in [0.15, 0.2) is 0 Å². The molecule has 1 aromatic carbocycles. The third-order valence-electron chi connectivity index (χ3n) is 3.55. The number of carbonyl (C=O) groups excluding carboxylic acids is 1. The normalized spacial score (nSPS) is 11.9. The van der Waals surface area contributed by atoms with Crippen LogP contribution in [0.4, 0.5) is 4.39 Å². The van der Waals surface area contributed by atoms with Crippen molar-refractivity contribution in [1.82, 2.24) is 9.88 Å². The van der Waals surface area contributed by atoms with E-state index in [0.717, 1.165) is 10.4 Å². The van der Waals surface area contributed by atoms with Crippen LogP contribution in [0.25, 0.3) is 0 Å². The molecule has 2 heterocycles. The lowest BCUT2D eigenvalue weighted by Gasteiger charge is -2.18. The van der Waals surface area contributed by atoms with E-state index in [-0.39, 0.29) is 29.9 Å². The molecule has 1 atom stereocenters. The van der Waals surface area contributed by atoms with E-state index in [1.165, 1.54) is 34.1 Å². The number of benzene rings is 1. The number of nitrogens with one attached hydrogen (secondary N) is 1. The quantitative estimate of drug-likeness (QED) is 0.775. The Labute approximate surface area is 142 Å². The molecule has 0 radical (unpaired) electrons. The molecule has 3 aromatic rings. The number of hydrogen-bond acceptors (Lipinski definition) is 3. The average Bonchev–Trinajstić information content (AvgIpc) is 3.10. The van der Waals surface area contributed by atoms with Gasteiger partial charge in [0.25, 0.3) is 5.56 Å². The van der Waals surface area contributed by atoms with Crippen LogP contribution in [0.15, 0.2) is 71.0 Å². The summed E-state index contributed by atoms with van der Waals surface area (Å²) in [6.45, 7) is -0.0667. The second-order valence-corrected chi connectivity index (χ2v) is 6.21. The molecule has 0 bridgehead atoms. The van der Waals surface area contributed by atoms with Gasteiger partial charge >= 0.3 is 0 Å². The molecule has 0 spiro atoms. The Balaban J connectivity index is 1.82. The number of amides is 1. The van der Waals surface area contributed by atoms with Crippen LogP contribution >= 0.6 is 11.3 Å². The fourth-order valence-corrected chi connectivity index (χ4v) is 3.18. The second-order valence-electron chi connectivity index (χ2n) is 5.23. The molecule has 0 aliphatic carbocycles. The van der Waals surface area contributed by atoms with Crippen molar-refractivity contribution in [2.45, 2.75) is 12.6 Å². The van der Waals surface area contributed by atoms with Crippen molar-refractivity contribution >= 4 is 17.2 Å². The molecule has 0 saturated carbocycles. The maximum atomic E-state index is 13.2. The zero-order valence-corrected chi connectivity index (χ0v) is 13.5. The monoisotopic (exact) mass is 342 g/mol. The molecule has 0 aliphatic rings. The highest BCUT2D eigenvalue weighted by Gasteiger charge is 2.18. The molecule has 0 aliphatic heterocycles. The minimum absolute atomic E-state index is 0.0667. The van der Waals surface area contributed by atoms with Crippen LogP contribution in [0, 0.1) is 5.82 Å². The first kappa shape index (κ1) is 16.1. The highest BCUT2D eigenvalue weighted by Crippen LogP contribution is 2.26. The summed E-state index contributed by atoms with van der Waals surface area (Å²) in [5.74, 6) is -0.614. The Morgan fingerprint density at radius 2 is 1.92 bits per heavy atom. The molecule has 2 aromatic heterocycles. The van der Waals surface area contributed by atoms with Gasteiger partial charge in [0, 0.05) is 17.1 Å². The van der Waals surface area contributed by atoms with Crippen molar-refractivity contribution in [3.8, 4) is 0 Å². The summed E-state index contributed by atoms with van der Waals surface area (Å²) < 4.78 is 14.5. The van der Waals surface area contributed by atoms with E-state index in [4.69, 9.17) is 0 Å². The van der Waals surface area contributed by atoms with E-state index in [2.05, 4.69) is 5.32 Å². The number of thiophene rings is 1. The molecule has 122 valence electrons. The summed E-state index contributed by atoms with van der Waals surface area (Å²) in [7, 11) is 0. The molecule has 1 amide bonds. The van der Waals surface area contributed by atoms with Crippen LogP contribution in [-0.4, -0.2) is 10.5 Å². The highest BCUT2D eigenvalue weighted by atomic mass is 32.1. The summed E-state index contributed by atoms with van der Waals surface area (Å²) in [5, 5.41) is 4.84. The van der Waals surface area contributed by atoms with Crippen LogP contribution in [-0.2, 0) is 11.3 Å². The molecule has 0 unspecified atom stereocenters. The Bertz CT molecular complexity index is 873. The Morgan fingerprint density at radius 1 is 1.12 bits per heavy atom. The molecule has 24 heavy (non-hydrogen) atoms. The molecule has 3 rings (SSSR count). The Hall–Kier alpha value is -2.73. The summed E-state index contributed by atoms with van der Waals surface area (Å²) in [5.41, 5.74) is 0.551. The van der Waals surface area contributed by atoms with Crippen molar-refractivity contribution in [3.63, 3.8) is 0 Å². The first-order chi connectivity index (χ1) is 11.6. The number of rotatable bonds is 5. The molecule has 6 heteroatoms. The molecule has 0 saturated heterocycles. The van der Waals surface area contributed by atoms with Gasteiger partial charge < -0.3 is 9.88 Å². The summed E-state index contributed by atoms with van der Waals surface area (Å²) >= 11 is 1.50. The van der Waals surface area contributed by atoms with Crippen LogP contribution in [0.1, 0.15) is 16.5 Å². The lowest BCUT2D eigenvalue weighted by molar-refractivity contribution is -0.122. The van der Waals surface area contributed by atoms with Gasteiger partial charge in [0.05, 0.1) is 6.04 Å². The fourth-order valence-electron chi connectivity index (χ4n) is 2.38. The summed E-state index contributed by atoms with van der Waals surface area (Å²) in [6, 6.07) is 14.2. The van der Waals surface area contributed by atoms with Gasteiger partial charge in [-0.3, -0.25) is 9.59 Å². The molecule has 1 N–H and O–H groups in total. The number of pyridine rings is 1. The first-order valence-electron chi connectivity index (χ1n) is 7.37. The van der Waals surface area contributed by atoms with Gasteiger partial charge in [-0.25, -0.2) is 4.39 Å². The van der Waals surface area contributed by atoms with E-state index in [1.807, 2.05) is 17.5 Å². The lowest BCUT2D eigenvalue weighted by atomic mass is 10.1. The van der Waals surface area contributed by atoms with Gasteiger partial charge in [0.1, 0.15) is 12.4 Å². The number of halogens is 1. The third kappa shape index (κ3) is 3.78. The average molecular weight is 342 g/mol. The van der Waals surface area contributed by atoms with Crippen LogP contribution in [0.3, 0.4) is 0 Å². The number of nitrogens with zero attached hydrogens (tertiary/aromatic N) is 1. The summed E-state index contributed by atoms with van der Waals surface area (Å²) in [6.07, 6.45) is 1.57. The van der Waals surface area contributed by atoms with Crippen molar-refractivity contribution in [2.75, 3.05) is 0 Å². The van der Waals surface area contributed by atoms with Gasteiger partial charge in [0.2, 0.25) is 5.91 Å². The van der Waals surface area contributed by atoms with Crippen molar-refractivity contribution in [1.29, 1.82) is 0 Å². The predicted molar refractivity (Wildman–Crippen MR) is 91.4 cm³/mol. The zero-order valence-electron chi connectivity index (χ0n) is 12.7. The largest absolute Gasteiger partial charge is 0.343 e. The third-order valence-corrected chi connectivity index (χ3v) is 4.49. The van der Waals surface area contributed by atoms with E-state index in [0.29, 0.717) is 0 Å². The maximum absolute atomic E-state index is 13.2. The number of aromatic nitrogens is 1. The van der Waals surface area contributed by atoms with E-state index < -0.39 is 0 Å². The molecular formula is C18H15FN2O2S. The van der Waals surface area contributed by atoms with Crippen molar-refractivity contribution in [3.05, 3.63) is 92.8 Å². The minimum atomic E-state index is -0.377. The first-order valence-corrected chi connectivity index (χ1v) is 8.25. The summed E-state index contributed by atoms with van der Waals surface area (Å²) in [4.78, 5) is 25.0.